The number of aliphatic hydroxyl groups is 1. The number of fused-ring (bicyclic) bond motifs is 1. The summed E-state index contributed by atoms with van der Waals surface area (Å²) in [6.45, 7) is 2.16. The molecule has 0 aromatic heterocycles. The van der Waals surface area contributed by atoms with Gasteiger partial charge in [-0.05, 0) is 18.1 Å². The molecule has 1 amide bonds. The molecular formula is C13H17NO3. The van der Waals surface area contributed by atoms with Crippen molar-refractivity contribution in [1.82, 2.24) is 5.32 Å². The lowest BCUT2D eigenvalue weighted by molar-refractivity contribution is -0.127. The lowest BCUT2D eigenvalue weighted by atomic mass is 10.1. The molecule has 0 aliphatic carbocycles. The lowest BCUT2D eigenvalue weighted by Gasteiger charge is -2.13. The average molecular weight is 235 g/mol. The summed E-state index contributed by atoms with van der Waals surface area (Å²) < 4.78 is 5.54. The average Bonchev–Trinajstić information content (AvgIpc) is 2.79. The van der Waals surface area contributed by atoms with Gasteiger partial charge in [0.2, 0.25) is 0 Å². The third kappa shape index (κ3) is 2.77. The van der Waals surface area contributed by atoms with Crippen molar-refractivity contribution in [3.05, 3.63) is 29.8 Å². The number of benzene rings is 1. The van der Waals surface area contributed by atoms with E-state index in [4.69, 9.17) is 4.74 Å². The highest BCUT2D eigenvalue weighted by Gasteiger charge is 2.28. The molecule has 1 heterocycles. The molecule has 92 valence electrons. The zero-order valence-electron chi connectivity index (χ0n) is 9.85. The molecular weight excluding hydrogens is 218 g/mol. The van der Waals surface area contributed by atoms with Gasteiger partial charge in [0.05, 0.1) is 6.10 Å². The van der Waals surface area contributed by atoms with Gasteiger partial charge in [-0.3, -0.25) is 4.79 Å². The van der Waals surface area contributed by atoms with Gasteiger partial charge in [-0.25, -0.2) is 0 Å². The van der Waals surface area contributed by atoms with E-state index in [1.165, 1.54) is 0 Å². The summed E-state index contributed by atoms with van der Waals surface area (Å²) >= 11 is 0. The number of hydrogen-bond donors (Lipinski definition) is 2. The molecule has 4 heteroatoms. The second kappa shape index (κ2) is 5.19. The molecule has 0 fully saturated rings. The van der Waals surface area contributed by atoms with Crippen LogP contribution in [-0.2, 0) is 11.2 Å². The monoisotopic (exact) mass is 235 g/mol. The Hall–Kier alpha value is -1.55. The quantitative estimate of drug-likeness (QED) is 0.814. The number of hydrogen-bond acceptors (Lipinski definition) is 3. The van der Waals surface area contributed by atoms with E-state index in [0.717, 1.165) is 11.3 Å². The Morgan fingerprint density at radius 1 is 1.59 bits per heavy atom. The summed E-state index contributed by atoms with van der Waals surface area (Å²) in [5.41, 5.74) is 1.06. The molecule has 1 aromatic rings. The maximum absolute atomic E-state index is 11.8. The minimum absolute atomic E-state index is 0.159. The molecule has 0 saturated carbocycles. The Balaban J connectivity index is 1.88. The van der Waals surface area contributed by atoms with Gasteiger partial charge in [0, 0.05) is 13.0 Å². The summed E-state index contributed by atoms with van der Waals surface area (Å²) in [5.74, 6) is 0.623. The first-order valence-electron chi connectivity index (χ1n) is 5.91. The van der Waals surface area contributed by atoms with Crippen LogP contribution in [0.3, 0.4) is 0 Å². The zero-order chi connectivity index (χ0) is 12.3. The van der Waals surface area contributed by atoms with Gasteiger partial charge in [0.1, 0.15) is 5.75 Å². The van der Waals surface area contributed by atoms with Crippen molar-refractivity contribution in [3.63, 3.8) is 0 Å². The standard InChI is InChI=1S/C13H17NO3/c1-2-10(15)8-14-13(16)12-7-9-5-3-4-6-11(9)17-12/h3-6,10,12,15H,2,7-8H2,1H3,(H,14,16). The summed E-state index contributed by atoms with van der Waals surface area (Å²) in [6, 6.07) is 7.65. The SMILES string of the molecule is CCC(O)CNC(=O)C1Cc2ccccc2O1. The molecule has 0 bridgehead atoms. The highest BCUT2D eigenvalue weighted by Crippen LogP contribution is 2.27. The van der Waals surface area contributed by atoms with E-state index in [9.17, 15) is 9.90 Å². The number of carbonyl (C=O) groups is 1. The topological polar surface area (TPSA) is 58.6 Å². The Morgan fingerprint density at radius 3 is 3.06 bits per heavy atom. The first kappa shape index (κ1) is 11.9. The largest absolute Gasteiger partial charge is 0.480 e. The molecule has 17 heavy (non-hydrogen) atoms. The Labute approximate surface area is 101 Å². The van der Waals surface area contributed by atoms with Gasteiger partial charge >= 0.3 is 0 Å². The van der Waals surface area contributed by atoms with Gasteiger partial charge in [-0.1, -0.05) is 25.1 Å². The first-order chi connectivity index (χ1) is 8.20. The molecule has 1 aliphatic rings. The molecule has 1 aromatic carbocycles. The minimum atomic E-state index is -0.484. The molecule has 2 unspecified atom stereocenters. The summed E-state index contributed by atoms with van der Waals surface area (Å²) in [5, 5.41) is 12.1. The number of nitrogens with one attached hydrogen (secondary N) is 1. The number of amides is 1. The van der Waals surface area contributed by atoms with Crippen molar-refractivity contribution in [3.8, 4) is 5.75 Å². The maximum atomic E-state index is 11.8. The predicted octanol–water partition coefficient (Wildman–Crippen LogP) is 0.877. The van der Waals surface area contributed by atoms with E-state index in [1.54, 1.807) is 0 Å². The fourth-order valence-corrected chi connectivity index (χ4v) is 1.80. The van der Waals surface area contributed by atoms with E-state index in [-0.39, 0.29) is 12.5 Å². The van der Waals surface area contributed by atoms with Gasteiger partial charge in [0.15, 0.2) is 6.10 Å². The van der Waals surface area contributed by atoms with Crippen LogP contribution in [0.4, 0.5) is 0 Å². The van der Waals surface area contributed by atoms with Gasteiger partial charge in [0.25, 0.3) is 5.91 Å². The van der Waals surface area contributed by atoms with Gasteiger partial charge < -0.3 is 15.2 Å². The summed E-state index contributed by atoms with van der Waals surface area (Å²) in [6.07, 6.45) is 0.287. The van der Waals surface area contributed by atoms with Crippen molar-refractivity contribution in [2.24, 2.45) is 0 Å². The first-order valence-corrected chi connectivity index (χ1v) is 5.91. The van der Waals surface area contributed by atoms with E-state index < -0.39 is 12.2 Å². The van der Waals surface area contributed by atoms with Crippen LogP contribution < -0.4 is 10.1 Å². The van der Waals surface area contributed by atoms with E-state index in [1.807, 2.05) is 31.2 Å². The number of rotatable bonds is 4. The third-order valence-corrected chi connectivity index (χ3v) is 2.92. The maximum Gasteiger partial charge on any atom is 0.261 e. The molecule has 2 rings (SSSR count). The second-order valence-corrected chi connectivity index (χ2v) is 4.23. The van der Waals surface area contributed by atoms with Crippen molar-refractivity contribution in [1.29, 1.82) is 0 Å². The van der Waals surface area contributed by atoms with Crippen LogP contribution >= 0.6 is 0 Å². The lowest BCUT2D eigenvalue weighted by Crippen LogP contribution is -2.40. The molecule has 0 radical (unpaired) electrons. The van der Waals surface area contributed by atoms with Crippen LogP contribution in [0, 0.1) is 0 Å². The van der Waals surface area contributed by atoms with Crippen molar-refractivity contribution in [2.45, 2.75) is 32.0 Å². The summed E-state index contributed by atoms with van der Waals surface area (Å²) in [7, 11) is 0. The van der Waals surface area contributed by atoms with Crippen molar-refractivity contribution >= 4 is 5.91 Å². The van der Waals surface area contributed by atoms with Crippen molar-refractivity contribution < 1.29 is 14.6 Å². The highest BCUT2D eigenvalue weighted by molar-refractivity contribution is 5.82. The zero-order valence-corrected chi connectivity index (χ0v) is 9.85. The van der Waals surface area contributed by atoms with Gasteiger partial charge in [-0.15, -0.1) is 0 Å². The fourth-order valence-electron chi connectivity index (χ4n) is 1.80. The normalized spacial score (nSPS) is 19.3. The number of carbonyl (C=O) groups excluding carboxylic acids is 1. The van der Waals surface area contributed by atoms with Gasteiger partial charge in [-0.2, -0.15) is 0 Å². The molecule has 2 N–H and O–H groups in total. The van der Waals surface area contributed by atoms with E-state index in [0.29, 0.717) is 12.8 Å². The van der Waals surface area contributed by atoms with E-state index >= 15 is 0 Å². The molecule has 0 spiro atoms. The van der Waals surface area contributed by atoms with Crippen LogP contribution in [-0.4, -0.2) is 29.8 Å². The predicted molar refractivity (Wildman–Crippen MR) is 63.9 cm³/mol. The van der Waals surface area contributed by atoms with Crippen LogP contribution in [0.1, 0.15) is 18.9 Å². The van der Waals surface area contributed by atoms with Crippen LogP contribution in [0.2, 0.25) is 0 Å². The van der Waals surface area contributed by atoms with Crippen molar-refractivity contribution in [2.75, 3.05) is 6.54 Å². The molecule has 4 nitrogen and oxygen atoms in total. The number of aliphatic hydroxyl groups excluding tert-OH is 1. The smallest absolute Gasteiger partial charge is 0.261 e. The molecule has 1 aliphatic heterocycles. The van der Waals surface area contributed by atoms with Crippen LogP contribution in [0.15, 0.2) is 24.3 Å². The Kier molecular flexibility index (Phi) is 3.64. The number of para-hydroxylation sites is 1. The van der Waals surface area contributed by atoms with Crippen LogP contribution in [0.25, 0.3) is 0 Å². The fraction of sp³-hybridized carbons (Fsp3) is 0.462. The Morgan fingerprint density at radius 2 is 2.35 bits per heavy atom. The van der Waals surface area contributed by atoms with E-state index in [2.05, 4.69) is 5.32 Å². The second-order valence-electron chi connectivity index (χ2n) is 4.23. The third-order valence-electron chi connectivity index (χ3n) is 2.92. The highest BCUT2D eigenvalue weighted by atomic mass is 16.5. The Bertz CT molecular complexity index is 380. The molecule has 0 saturated heterocycles. The number of ether oxygens (including phenoxy) is 1. The molecule has 2 atom stereocenters. The minimum Gasteiger partial charge on any atom is -0.480 e. The van der Waals surface area contributed by atoms with Crippen LogP contribution in [0.5, 0.6) is 5.75 Å². The summed E-state index contributed by atoms with van der Waals surface area (Å²) in [4.78, 5) is 11.8.